The molecule has 0 atom stereocenters. The van der Waals surface area contributed by atoms with E-state index in [-0.39, 0.29) is 27.4 Å². The molecule has 0 N–H and O–H groups in total. The fraction of sp³-hybridized carbons (Fsp3) is 0.417. The zero-order chi connectivity index (χ0) is 14.5. The largest absolute Gasteiger partial charge is 0.273 e. The number of carbonyl (C=O) groups is 1. The fourth-order valence-corrected chi connectivity index (χ4v) is 4.58. The summed E-state index contributed by atoms with van der Waals surface area (Å²) in [6.07, 6.45) is 1.84. The first-order valence-corrected chi connectivity index (χ1v) is 8.46. The second-order valence-electron chi connectivity index (χ2n) is 4.80. The van der Waals surface area contributed by atoms with Crippen molar-refractivity contribution in [3.05, 3.63) is 28.0 Å². The van der Waals surface area contributed by atoms with Gasteiger partial charge in [0.05, 0.1) is 15.9 Å². The molecule has 2 aliphatic rings. The van der Waals surface area contributed by atoms with Crippen molar-refractivity contribution >= 4 is 31.9 Å². The molecule has 3 rings (SSSR count). The first-order valence-electron chi connectivity index (χ1n) is 6.23. The topological polar surface area (TPSA) is 57.7 Å². The van der Waals surface area contributed by atoms with Gasteiger partial charge in [-0.2, -0.15) is 0 Å². The Labute approximate surface area is 124 Å². The quantitative estimate of drug-likeness (QED) is 0.767. The van der Waals surface area contributed by atoms with Crippen LogP contribution in [0.15, 0.2) is 21.5 Å². The Kier molecular flexibility index (Phi) is 3.34. The van der Waals surface area contributed by atoms with Gasteiger partial charge in [0.15, 0.2) is 0 Å². The molecule has 1 aromatic carbocycles. The second-order valence-corrected chi connectivity index (χ2v) is 7.46. The standard InChI is InChI=1S/C12H12BrFN2O3S/c13-9-4-5-10-8(12(9)14)7-16(20(10,18)19)15-6-2-1-3-11(15)17/h4-5H,1-3,6-7H2. The third-order valence-electron chi connectivity index (χ3n) is 3.57. The molecule has 0 aliphatic carbocycles. The summed E-state index contributed by atoms with van der Waals surface area (Å²) in [4.78, 5) is 11.8. The Bertz CT molecular complexity index is 692. The second kappa shape index (κ2) is 4.78. The summed E-state index contributed by atoms with van der Waals surface area (Å²) in [7, 11) is -3.84. The fourth-order valence-electron chi connectivity index (χ4n) is 2.54. The van der Waals surface area contributed by atoms with E-state index >= 15 is 0 Å². The number of benzene rings is 1. The van der Waals surface area contributed by atoms with Crippen molar-refractivity contribution in [3.63, 3.8) is 0 Å². The van der Waals surface area contributed by atoms with Gasteiger partial charge in [0.2, 0.25) is 5.91 Å². The molecule has 2 aliphatic heterocycles. The maximum atomic E-state index is 14.0. The zero-order valence-corrected chi connectivity index (χ0v) is 12.9. The van der Waals surface area contributed by atoms with Crippen LogP contribution in [0, 0.1) is 5.82 Å². The van der Waals surface area contributed by atoms with E-state index in [4.69, 9.17) is 0 Å². The van der Waals surface area contributed by atoms with Gasteiger partial charge in [-0.05, 0) is 40.9 Å². The number of halogens is 2. The third-order valence-corrected chi connectivity index (χ3v) is 6.00. The molecule has 0 saturated carbocycles. The van der Waals surface area contributed by atoms with E-state index in [1.165, 1.54) is 17.1 Å². The van der Waals surface area contributed by atoms with Gasteiger partial charge in [-0.15, -0.1) is 4.41 Å². The number of carbonyl (C=O) groups excluding carboxylic acids is 1. The molecular weight excluding hydrogens is 351 g/mol. The minimum Gasteiger partial charge on any atom is -0.273 e. The number of fused-ring (bicyclic) bond motifs is 1. The molecule has 0 bridgehead atoms. The maximum absolute atomic E-state index is 14.0. The molecular formula is C12H12BrFN2O3S. The molecule has 0 unspecified atom stereocenters. The Balaban J connectivity index is 2.06. The van der Waals surface area contributed by atoms with Crippen LogP contribution < -0.4 is 0 Å². The molecule has 1 aromatic rings. The molecule has 0 radical (unpaired) electrons. The molecule has 1 fully saturated rings. The smallest absolute Gasteiger partial charge is 0.260 e. The van der Waals surface area contributed by atoms with Crippen molar-refractivity contribution in [2.24, 2.45) is 0 Å². The first-order chi connectivity index (χ1) is 9.43. The minimum absolute atomic E-state index is 0.0587. The predicted molar refractivity (Wildman–Crippen MR) is 72.4 cm³/mol. The third kappa shape index (κ3) is 1.97. The number of hydrazine groups is 1. The van der Waals surface area contributed by atoms with E-state index in [2.05, 4.69) is 15.9 Å². The van der Waals surface area contributed by atoms with Gasteiger partial charge >= 0.3 is 0 Å². The number of sulfonamides is 1. The molecule has 1 amide bonds. The van der Waals surface area contributed by atoms with Crippen LogP contribution in [-0.2, 0) is 21.4 Å². The molecule has 8 heteroatoms. The van der Waals surface area contributed by atoms with Gasteiger partial charge in [-0.1, -0.05) is 0 Å². The summed E-state index contributed by atoms with van der Waals surface area (Å²) >= 11 is 3.05. The molecule has 0 aromatic heterocycles. The van der Waals surface area contributed by atoms with Gasteiger partial charge in [-0.25, -0.2) is 12.8 Å². The van der Waals surface area contributed by atoms with Crippen molar-refractivity contribution < 1.29 is 17.6 Å². The summed E-state index contributed by atoms with van der Waals surface area (Å²) in [5.41, 5.74) is 0.109. The lowest BCUT2D eigenvalue weighted by molar-refractivity contribution is -0.144. The highest BCUT2D eigenvalue weighted by molar-refractivity contribution is 9.10. The predicted octanol–water partition coefficient (Wildman–Crippen LogP) is 2.02. The van der Waals surface area contributed by atoms with E-state index < -0.39 is 15.8 Å². The van der Waals surface area contributed by atoms with Crippen LogP contribution in [0.25, 0.3) is 0 Å². The normalized spacial score (nSPS) is 22.1. The van der Waals surface area contributed by atoms with Crippen LogP contribution >= 0.6 is 15.9 Å². The van der Waals surface area contributed by atoms with Gasteiger partial charge in [0, 0.05) is 18.5 Å². The van der Waals surface area contributed by atoms with Gasteiger partial charge in [0.25, 0.3) is 10.0 Å². The van der Waals surface area contributed by atoms with Gasteiger partial charge < -0.3 is 0 Å². The van der Waals surface area contributed by atoms with E-state index in [0.717, 1.165) is 17.3 Å². The number of piperidine rings is 1. The van der Waals surface area contributed by atoms with Crippen molar-refractivity contribution in [1.29, 1.82) is 0 Å². The molecule has 20 heavy (non-hydrogen) atoms. The molecule has 0 spiro atoms. The molecule has 2 heterocycles. The van der Waals surface area contributed by atoms with Crippen LogP contribution in [-0.4, -0.2) is 30.3 Å². The maximum Gasteiger partial charge on any atom is 0.260 e. The summed E-state index contributed by atoms with van der Waals surface area (Å²) in [6.45, 7) is 0.226. The van der Waals surface area contributed by atoms with Crippen molar-refractivity contribution in [3.8, 4) is 0 Å². The van der Waals surface area contributed by atoms with E-state index in [0.29, 0.717) is 13.0 Å². The van der Waals surface area contributed by atoms with Crippen molar-refractivity contribution in [1.82, 2.24) is 9.42 Å². The number of amides is 1. The van der Waals surface area contributed by atoms with Crippen LogP contribution in [0.4, 0.5) is 4.39 Å². The number of nitrogens with zero attached hydrogens (tertiary/aromatic N) is 2. The lowest BCUT2D eigenvalue weighted by Crippen LogP contribution is -2.48. The van der Waals surface area contributed by atoms with E-state index in [1.54, 1.807) is 0 Å². The van der Waals surface area contributed by atoms with Crippen molar-refractivity contribution in [2.75, 3.05) is 6.54 Å². The molecule has 108 valence electrons. The Morgan fingerprint density at radius 2 is 2.00 bits per heavy atom. The average molecular weight is 363 g/mol. The van der Waals surface area contributed by atoms with Crippen molar-refractivity contribution in [2.45, 2.75) is 30.7 Å². The SMILES string of the molecule is O=C1CCCCN1N1Cc2c(ccc(Br)c2F)S1(=O)=O. The minimum atomic E-state index is -3.84. The number of hydrogen-bond donors (Lipinski definition) is 0. The summed E-state index contributed by atoms with van der Waals surface area (Å²) in [5.74, 6) is -0.815. The highest BCUT2D eigenvalue weighted by Gasteiger charge is 2.42. The lowest BCUT2D eigenvalue weighted by Gasteiger charge is -2.33. The Hall–Kier alpha value is -0.990. The summed E-state index contributed by atoms with van der Waals surface area (Å²) < 4.78 is 40.1. The Morgan fingerprint density at radius 3 is 2.70 bits per heavy atom. The lowest BCUT2D eigenvalue weighted by atomic mass is 10.1. The van der Waals surface area contributed by atoms with E-state index in [9.17, 15) is 17.6 Å². The van der Waals surface area contributed by atoms with Crippen LogP contribution in [0.1, 0.15) is 24.8 Å². The van der Waals surface area contributed by atoms with Crippen LogP contribution in [0.5, 0.6) is 0 Å². The highest BCUT2D eigenvalue weighted by Crippen LogP contribution is 2.36. The first kappa shape index (κ1) is 14.0. The van der Waals surface area contributed by atoms with Gasteiger partial charge in [0.1, 0.15) is 5.82 Å². The average Bonchev–Trinajstić information content (AvgIpc) is 2.67. The summed E-state index contributed by atoms with van der Waals surface area (Å²) in [5, 5.41) is 1.23. The summed E-state index contributed by atoms with van der Waals surface area (Å²) in [6, 6.07) is 2.74. The number of hydrogen-bond acceptors (Lipinski definition) is 3. The Morgan fingerprint density at radius 1 is 1.25 bits per heavy atom. The number of rotatable bonds is 1. The zero-order valence-electron chi connectivity index (χ0n) is 10.5. The highest BCUT2D eigenvalue weighted by atomic mass is 79.9. The van der Waals surface area contributed by atoms with E-state index in [1.807, 2.05) is 0 Å². The van der Waals surface area contributed by atoms with Crippen LogP contribution in [0.2, 0.25) is 0 Å². The monoisotopic (exact) mass is 362 g/mol. The molecule has 1 saturated heterocycles. The van der Waals surface area contributed by atoms with Gasteiger partial charge in [-0.3, -0.25) is 9.80 Å². The van der Waals surface area contributed by atoms with Crippen LogP contribution in [0.3, 0.4) is 0 Å². The molecule has 5 nitrogen and oxygen atoms in total.